The molecule has 5 atom stereocenters. The number of carbonyl (C=O) groups is 4. The number of phosphoric acid groups is 2. The number of unbranched alkanes of at least 4 members (excludes halogenated alkanes) is 42. The zero-order chi connectivity index (χ0) is 71.4. The topological polar surface area (TPSA) is 237 Å². The van der Waals surface area contributed by atoms with E-state index in [9.17, 15) is 43.2 Å². The average Bonchev–Trinajstić information content (AvgIpc) is 1.30. The Morgan fingerprint density at radius 2 is 0.557 bits per heavy atom. The van der Waals surface area contributed by atoms with Crippen molar-refractivity contribution in [2.45, 2.75) is 400 Å². The fourth-order valence-electron chi connectivity index (χ4n) is 11.5. The molecule has 0 fully saturated rings. The molecule has 19 heteroatoms. The molecule has 0 spiro atoms. The summed E-state index contributed by atoms with van der Waals surface area (Å²) in [7, 11) is -9.93. The molecule has 0 aliphatic rings. The zero-order valence-electron chi connectivity index (χ0n) is 62.9. The number of aliphatic hydroxyl groups excluding tert-OH is 1. The first-order valence-corrected chi connectivity index (χ1v) is 42.8. The summed E-state index contributed by atoms with van der Waals surface area (Å²) >= 11 is 0. The molecular formula is C78H148O17P2. The van der Waals surface area contributed by atoms with E-state index < -0.39 is 97.5 Å². The van der Waals surface area contributed by atoms with Gasteiger partial charge in [0.05, 0.1) is 26.4 Å². The maximum absolute atomic E-state index is 13.1. The Kier molecular flexibility index (Phi) is 67.5. The van der Waals surface area contributed by atoms with Crippen LogP contribution >= 0.6 is 15.6 Å². The van der Waals surface area contributed by atoms with E-state index in [1.807, 2.05) is 0 Å². The highest BCUT2D eigenvalue weighted by Gasteiger charge is 2.30. The van der Waals surface area contributed by atoms with E-state index in [-0.39, 0.29) is 25.7 Å². The Balaban J connectivity index is 5.28. The van der Waals surface area contributed by atoms with E-state index in [0.29, 0.717) is 31.6 Å². The molecular weight excluding hydrogens is 1270 g/mol. The van der Waals surface area contributed by atoms with Gasteiger partial charge in [0.15, 0.2) is 12.2 Å². The van der Waals surface area contributed by atoms with Gasteiger partial charge in [-0.1, -0.05) is 329 Å². The Labute approximate surface area is 592 Å². The minimum absolute atomic E-state index is 0.101. The van der Waals surface area contributed by atoms with E-state index in [0.717, 1.165) is 121 Å². The molecule has 0 aromatic carbocycles. The van der Waals surface area contributed by atoms with Crippen molar-refractivity contribution in [1.82, 2.24) is 0 Å². The molecule has 0 aromatic rings. The Morgan fingerprint density at radius 3 is 0.845 bits per heavy atom. The van der Waals surface area contributed by atoms with Gasteiger partial charge in [0.1, 0.15) is 19.3 Å². The van der Waals surface area contributed by atoms with Crippen LogP contribution in [0.5, 0.6) is 0 Å². The third-order valence-electron chi connectivity index (χ3n) is 17.6. The molecule has 0 saturated heterocycles. The molecule has 0 aliphatic carbocycles. The first kappa shape index (κ1) is 94.5. The minimum atomic E-state index is -4.97. The van der Waals surface area contributed by atoms with Crippen molar-refractivity contribution >= 4 is 39.5 Å². The van der Waals surface area contributed by atoms with Gasteiger partial charge in [-0.2, -0.15) is 0 Å². The highest BCUT2D eigenvalue weighted by molar-refractivity contribution is 7.47. The number of ether oxygens (including phenoxy) is 4. The second kappa shape index (κ2) is 69.3. The lowest BCUT2D eigenvalue weighted by molar-refractivity contribution is -0.161. The summed E-state index contributed by atoms with van der Waals surface area (Å²) in [6.07, 6.45) is 60.5. The molecule has 0 radical (unpaired) electrons. The quantitative estimate of drug-likeness (QED) is 0.0169. The molecule has 97 heavy (non-hydrogen) atoms. The van der Waals surface area contributed by atoms with Crippen LogP contribution in [0.1, 0.15) is 382 Å². The van der Waals surface area contributed by atoms with E-state index >= 15 is 0 Å². The second-order valence-corrected chi connectivity index (χ2v) is 31.3. The number of esters is 4. The van der Waals surface area contributed by atoms with Crippen molar-refractivity contribution in [3.63, 3.8) is 0 Å². The molecule has 0 aliphatic heterocycles. The van der Waals surface area contributed by atoms with Gasteiger partial charge >= 0.3 is 39.5 Å². The molecule has 0 aromatic heterocycles. The van der Waals surface area contributed by atoms with Gasteiger partial charge in [0.2, 0.25) is 0 Å². The standard InChI is InChI=1S/C78H148O17P2/c1-7-9-11-13-15-17-19-21-23-24-26-28-33-37-43-50-56-62-77(82)94-73(66-88-75(80)60-54-48-42-36-32-27-25-22-20-18-16-14-12-10-8-2)68-92-96(84,85)90-64-72(79)65-91-97(86,87)93-69-74(67-89-76(81)61-55-49-45-39-41-47-53-59-71(5)6)95-78(83)63-57-51-44-38-34-30-29-31-35-40-46-52-58-70(3)4/h18,20,22,25,70-74,79H,7-17,19,21,23-24,26-69H2,1-6H3,(H,84,85)(H,86,87)/b20-18-,25-22-/t72-,73-,74-/m1/s1. The van der Waals surface area contributed by atoms with Crippen LogP contribution in [-0.4, -0.2) is 96.7 Å². The van der Waals surface area contributed by atoms with Crippen LogP contribution < -0.4 is 0 Å². The highest BCUT2D eigenvalue weighted by Crippen LogP contribution is 2.45. The number of allylic oxidation sites excluding steroid dienone is 4. The molecule has 0 bridgehead atoms. The monoisotopic (exact) mass is 1420 g/mol. The number of hydrogen-bond donors (Lipinski definition) is 3. The van der Waals surface area contributed by atoms with Crippen LogP contribution in [0.25, 0.3) is 0 Å². The zero-order valence-corrected chi connectivity index (χ0v) is 64.7. The average molecular weight is 1420 g/mol. The van der Waals surface area contributed by atoms with Crippen LogP contribution in [0.2, 0.25) is 0 Å². The third kappa shape index (κ3) is 71.7. The Hall–Kier alpha value is -2.46. The second-order valence-electron chi connectivity index (χ2n) is 28.4. The lowest BCUT2D eigenvalue weighted by Crippen LogP contribution is -2.30. The van der Waals surface area contributed by atoms with Gasteiger partial charge in [-0.15, -0.1) is 0 Å². The molecule has 0 saturated carbocycles. The third-order valence-corrected chi connectivity index (χ3v) is 19.5. The molecule has 17 nitrogen and oxygen atoms in total. The smallest absolute Gasteiger partial charge is 0.462 e. The predicted molar refractivity (Wildman–Crippen MR) is 395 cm³/mol. The summed E-state index contributed by atoms with van der Waals surface area (Å²) in [6.45, 7) is 9.50. The Bertz CT molecular complexity index is 1970. The summed E-state index contributed by atoms with van der Waals surface area (Å²) in [4.78, 5) is 72.9. The summed E-state index contributed by atoms with van der Waals surface area (Å²) in [6, 6.07) is 0. The van der Waals surface area contributed by atoms with Crippen molar-refractivity contribution in [2.75, 3.05) is 39.6 Å². The summed E-state index contributed by atoms with van der Waals surface area (Å²) in [5.41, 5.74) is 0. The first-order chi connectivity index (χ1) is 46.9. The van der Waals surface area contributed by atoms with Crippen LogP contribution in [0.3, 0.4) is 0 Å². The number of aliphatic hydroxyl groups is 1. The Morgan fingerprint density at radius 1 is 0.320 bits per heavy atom. The summed E-state index contributed by atoms with van der Waals surface area (Å²) < 4.78 is 68.6. The van der Waals surface area contributed by atoms with Gasteiger partial charge in [0.25, 0.3) is 0 Å². The van der Waals surface area contributed by atoms with Crippen molar-refractivity contribution in [3.05, 3.63) is 24.3 Å². The maximum Gasteiger partial charge on any atom is 0.472 e. The van der Waals surface area contributed by atoms with E-state index in [2.05, 4.69) is 65.8 Å². The number of carbonyl (C=O) groups excluding carboxylic acids is 4. The van der Waals surface area contributed by atoms with Crippen LogP contribution in [0.15, 0.2) is 24.3 Å². The van der Waals surface area contributed by atoms with Gasteiger partial charge in [-0.25, -0.2) is 9.13 Å². The molecule has 0 heterocycles. The molecule has 0 rings (SSSR count). The lowest BCUT2D eigenvalue weighted by Gasteiger charge is -2.21. The van der Waals surface area contributed by atoms with Crippen molar-refractivity contribution in [2.24, 2.45) is 11.8 Å². The van der Waals surface area contributed by atoms with Crippen molar-refractivity contribution < 1.29 is 80.2 Å². The number of phosphoric ester groups is 2. The van der Waals surface area contributed by atoms with Gasteiger partial charge < -0.3 is 33.8 Å². The number of rotatable bonds is 75. The van der Waals surface area contributed by atoms with Gasteiger partial charge in [-0.05, 0) is 63.2 Å². The maximum atomic E-state index is 13.1. The van der Waals surface area contributed by atoms with Gasteiger partial charge in [0, 0.05) is 25.7 Å². The lowest BCUT2D eigenvalue weighted by atomic mass is 10.0. The minimum Gasteiger partial charge on any atom is -0.462 e. The van der Waals surface area contributed by atoms with Crippen molar-refractivity contribution in [1.29, 1.82) is 0 Å². The molecule has 0 amide bonds. The summed E-state index contributed by atoms with van der Waals surface area (Å²) in [5.74, 6) is -0.665. The fraction of sp³-hybridized carbons (Fsp3) is 0.897. The van der Waals surface area contributed by atoms with Crippen LogP contribution in [0, 0.1) is 11.8 Å². The molecule has 572 valence electrons. The van der Waals surface area contributed by atoms with E-state index in [4.69, 9.17) is 37.0 Å². The fourth-order valence-corrected chi connectivity index (χ4v) is 13.0. The predicted octanol–water partition coefficient (Wildman–Crippen LogP) is 22.7. The van der Waals surface area contributed by atoms with Gasteiger partial charge in [-0.3, -0.25) is 37.3 Å². The van der Waals surface area contributed by atoms with Crippen molar-refractivity contribution in [3.8, 4) is 0 Å². The largest absolute Gasteiger partial charge is 0.472 e. The molecule has 3 N–H and O–H groups in total. The summed E-state index contributed by atoms with van der Waals surface area (Å²) in [5, 5.41) is 10.6. The van der Waals surface area contributed by atoms with Crippen LogP contribution in [-0.2, 0) is 65.4 Å². The van der Waals surface area contributed by atoms with Crippen LogP contribution in [0.4, 0.5) is 0 Å². The normalized spacial score (nSPS) is 14.1. The first-order valence-electron chi connectivity index (χ1n) is 39.8. The molecule has 2 unspecified atom stereocenters. The van der Waals surface area contributed by atoms with E-state index in [1.54, 1.807) is 0 Å². The SMILES string of the molecule is CCCCCC/C=C\C=C/CCCCCCCC(=O)OC[C@H](COP(=O)(O)OC[C@@H](O)COP(=O)(O)OC[C@@H](COC(=O)CCCCCCCCCC(C)C)OC(=O)CCCCCCCCCCCCCCC(C)C)OC(=O)CCCCCCCCCCCCCCCCCCC. The van der Waals surface area contributed by atoms with E-state index in [1.165, 1.54) is 173 Å². The highest BCUT2D eigenvalue weighted by atomic mass is 31.2. The number of hydrogen-bond acceptors (Lipinski definition) is 15.